The smallest absolute Gasteiger partial charge is 0.247 e. The molecule has 1 aliphatic heterocycles. The summed E-state index contributed by atoms with van der Waals surface area (Å²) in [5.41, 5.74) is 2.33. The van der Waals surface area contributed by atoms with Crippen molar-refractivity contribution in [2.24, 2.45) is 0 Å². The average molecular weight is 628 g/mol. The number of thiazole rings is 1. The fraction of sp³-hybridized carbons (Fsp3) is 0.419. The van der Waals surface area contributed by atoms with Crippen LogP contribution in [0.25, 0.3) is 10.2 Å². The fourth-order valence-corrected chi connectivity index (χ4v) is 6.99. The molecule has 2 aromatic carbocycles. The second-order valence-corrected chi connectivity index (χ2v) is 13.2. The van der Waals surface area contributed by atoms with E-state index in [1.165, 1.54) is 11.3 Å². The Balaban J connectivity index is 1.45. The van der Waals surface area contributed by atoms with E-state index >= 15 is 0 Å². The van der Waals surface area contributed by atoms with Gasteiger partial charge < -0.3 is 16.0 Å². The summed E-state index contributed by atoms with van der Waals surface area (Å²) in [4.78, 5) is 46.1. The standard InChI is InChI=1S/C31H38ClN5O3S2/c1-3-7-28(38)35-26(18-29-36-25-11-10-23(32)17-27(25)42-29)31(40)34-24(16-22-8-5-4-6-9-22)19-33-30(39)21(2)20-37-12-14-41-15-13-37/h4-6,8-11,17,24,26H,2-3,7,12-16,18-20H2,1H3,(H,33,39)(H,34,40)(H,35,38)/t24?,26-/m0/s1. The van der Waals surface area contributed by atoms with Gasteiger partial charge in [-0.3, -0.25) is 19.3 Å². The maximum atomic E-state index is 13.7. The lowest BCUT2D eigenvalue weighted by molar-refractivity contribution is -0.129. The minimum absolute atomic E-state index is 0.192. The lowest BCUT2D eigenvalue weighted by Gasteiger charge is -2.27. The fourth-order valence-electron chi connectivity index (χ4n) is 4.73. The predicted octanol–water partition coefficient (Wildman–Crippen LogP) is 4.23. The van der Waals surface area contributed by atoms with E-state index in [2.05, 4.69) is 32.4 Å². The minimum Gasteiger partial charge on any atom is -0.350 e. The monoisotopic (exact) mass is 627 g/mol. The molecule has 3 N–H and O–H groups in total. The molecule has 1 aliphatic rings. The molecule has 1 aromatic heterocycles. The van der Waals surface area contributed by atoms with Gasteiger partial charge in [0.25, 0.3) is 0 Å². The molecule has 4 rings (SSSR count). The number of carbonyl (C=O) groups excluding carboxylic acids is 3. The number of hydrogen-bond donors (Lipinski definition) is 3. The van der Waals surface area contributed by atoms with Gasteiger partial charge in [0.1, 0.15) is 6.04 Å². The van der Waals surface area contributed by atoms with E-state index in [0.717, 1.165) is 45.4 Å². The van der Waals surface area contributed by atoms with Crippen LogP contribution in [0.2, 0.25) is 5.02 Å². The van der Waals surface area contributed by atoms with Crippen LogP contribution in [-0.4, -0.2) is 77.4 Å². The zero-order valence-corrected chi connectivity index (χ0v) is 26.3. The van der Waals surface area contributed by atoms with Crippen LogP contribution in [0, 0.1) is 0 Å². The van der Waals surface area contributed by atoms with Crippen LogP contribution in [0.1, 0.15) is 30.3 Å². The predicted molar refractivity (Wildman–Crippen MR) is 173 cm³/mol. The number of nitrogens with zero attached hydrogens (tertiary/aromatic N) is 2. The van der Waals surface area contributed by atoms with Gasteiger partial charge in [0.05, 0.1) is 21.3 Å². The number of amides is 3. The third-order valence-corrected chi connectivity index (χ3v) is 9.14. The number of rotatable bonds is 14. The van der Waals surface area contributed by atoms with Crippen molar-refractivity contribution in [3.63, 3.8) is 0 Å². The number of hydrogen-bond acceptors (Lipinski definition) is 7. The van der Waals surface area contributed by atoms with Gasteiger partial charge in [-0.1, -0.05) is 55.4 Å². The van der Waals surface area contributed by atoms with Crippen molar-refractivity contribution < 1.29 is 14.4 Å². The van der Waals surface area contributed by atoms with Crippen LogP contribution in [0.5, 0.6) is 0 Å². The SMILES string of the molecule is C=C(CN1CCSCC1)C(=O)NCC(Cc1ccccc1)NC(=O)[C@H](Cc1nc2ccc(Cl)cc2s1)NC(=O)CCC. The van der Waals surface area contributed by atoms with E-state index in [1.54, 1.807) is 6.07 Å². The van der Waals surface area contributed by atoms with Gasteiger partial charge in [0.15, 0.2) is 0 Å². The van der Waals surface area contributed by atoms with E-state index in [4.69, 9.17) is 11.6 Å². The van der Waals surface area contributed by atoms with E-state index in [0.29, 0.717) is 36.4 Å². The largest absolute Gasteiger partial charge is 0.350 e. The molecule has 8 nitrogen and oxygen atoms in total. The van der Waals surface area contributed by atoms with Crippen molar-refractivity contribution in [1.29, 1.82) is 0 Å². The van der Waals surface area contributed by atoms with Crippen molar-refractivity contribution >= 4 is 62.6 Å². The average Bonchev–Trinajstić information content (AvgIpc) is 3.38. The molecule has 42 heavy (non-hydrogen) atoms. The van der Waals surface area contributed by atoms with Crippen molar-refractivity contribution in [3.05, 3.63) is 76.3 Å². The summed E-state index contributed by atoms with van der Waals surface area (Å²) >= 11 is 9.52. The molecule has 3 aromatic rings. The molecule has 2 atom stereocenters. The molecular formula is C31H38ClN5O3S2. The highest BCUT2D eigenvalue weighted by Crippen LogP contribution is 2.26. The van der Waals surface area contributed by atoms with Crippen LogP contribution in [0.3, 0.4) is 0 Å². The maximum Gasteiger partial charge on any atom is 0.247 e. The highest BCUT2D eigenvalue weighted by Gasteiger charge is 2.26. The molecule has 3 amide bonds. The minimum atomic E-state index is -0.819. The molecule has 224 valence electrons. The van der Waals surface area contributed by atoms with Crippen LogP contribution >= 0.6 is 34.7 Å². The molecule has 0 saturated carbocycles. The number of aromatic nitrogens is 1. The van der Waals surface area contributed by atoms with Gasteiger partial charge in [-0.25, -0.2) is 4.98 Å². The van der Waals surface area contributed by atoms with Crippen LogP contribution in [0.4, 0.5) is 0 Å². The van der Waals surface area contributed by atoms with Crippen LogP contribution < -0.4 is 16.0 Å². The van der Waals surface area contributed by atoms with E-state index in [-0.39, 0.29) is 30.7 Å². The Labute approximate surface area is 260 Å². The number of thioether (sulfide) groups is 1. The topological polar surface area (TPSA) is 103 Å². The number of benzene rings is 2. The van der Waals surface area contributed by atoms with Crippen LogP contribution in [-0.2, 0) is 27.2 Å². The molecule has 1 unspecified atom stereocenters. The maximum absolute atomic E-state index is 13.7. The van der Waals surface area contributed by atoms with Gasteiger partial charge in [0.2, 0.25) is 17.7 Å². The molecule has 1 saturated heterocycles. The summed E-state index contributed by atoms with van der Waals surface area (Å²) in [6.07, 6.45) is 1.74. The van der Waals surface area contributed by atoms with Gasteiger partial charge in [-0.05, 0) is 36.6 Å². The summed E-state index contributed by atoms with van der Waals surface area (Å²) in [5.74, 6) is 1.38. The van der Waals surface area contributed by atoms with Crippen molar-refractivity contribution in [1.82, 2.24) is 25.8 Å². The Morgan fingerprint density at radius 2 is 1.83 bits per heavy atom. The number of carbonyl (C=O) groups is 3. The Morgan fingerprint density at radius 1 is 1.07 bits per heavy atom. The quantitative estimate of drug-likeness (QED) is 0.231. The van der Waals surface area contributed by atoms with E-state index < -0.39 is 12.1 Å². The molecule has 0 aliphatic carbocycles. The van der Waals surface area contributed by atoms with Crippen molar-refractivity contribution in [3.8, 4) is 0 Å². The zero-order valence-electron chi connectivity index (χ0n) is 23.9. The summed E-state index contributed by atoms with van der Waals surface area (Å²) < 4.78 is 0.921. The van der Waals surface area contributed by atoms with Crippen LogP contribution in [0.15, 0.2) is 60.7 Å². The summed E-state index contributed by atoms with van der Waals surface area (Å²) in [6, 6.07) is 14.1. The lowest BCUT2D eigenvalue weighted by atomic mass is 10.0. The number of nitrogens with one attached hydrogen (secondary N) is 3. The molecule has 2 heterocycles. The Kier molecular flexibility index (Phi) is 12.2. The first kappa shape index (κ1) is 32.0. The lowest BCUT2D eigenvalue weighted by Crippen LogP contribution is -2.53. The Morgan fingerprint density at radius 3 is 2.57 bits per heavy atom. The number of halogens is 1. The molecule has 0 radical (unpaired) electrons. The first-order chi connectivity index (χ1) is 20.3. The van der Waals surface area contributed by atoms with Gasteiger partial charge in [-0.2, -0.15) is 11.8 Å². The first-order valence-corrected chi connectivity index (χ1v) is 16.6. The molecule has 11 heteroatoms. The third-order valence-electron chi connectivity index (χ3n) is 6.92. The third kappa shape index (κ3) is 9.83. The number of fused-ring (bicyclic) bond motifs is 1. The highest BCUT2D eigenvalue weighted by atomic mass is 35.5. The van der Waals surface area contributed by atoms with Gasteiger partial charge >= 0.3 is 0 Å². The second-order valence-electron chi connectivity index (χ2n) is 10.4. The Bertz CT molecular complexity index is 1380. The molecule has 0 spiro atoms. The highest BCUT2D eigenvalue weighted by molar-refractivity contribution is 7.99. The van der Waals surface area contributed by atoms with Gasteiger partial charge in [-0.15, -0.1) is 11.3 Å². The Hall–Kier alpha value is -2.92. The molecule has 1 fully saturated rings. The summed E-state index contributed by atoms with van der Waals surface area (Å²) in [7, 11) is 0. The normalized spacial score (nSPS) is 15.1. The molecule has 0 bridgehead atoms. The summed E-state index contributed by atoms with van der Waals surface area (Å²) in [5, 5.41) is 10.3. The van der Waals surface area contributed by atoms with Gasteiger partial charge in [0, 0.05) is 61.1 Å². The summed E-state index contributed by atoms with van der Waals surface area (Å²) in [6.45, 7) is 8.57. The van der Waals surface area contributed by atoms with Crippen molar-refractivity contribution in [2.75, 3.05) is 37.7 Å². The van der Waals surface area contributed by atoms with E-state index in [1.807, 2.05) is 61.2 Å². The molecular weight excluding hydrogens is 590 g/mol. The zero-order chi connectivity index (χ0) is 29.9. The van der Waals surface area contributed by atoms with E-state index in [9.17, 15) is 14.4 Å². The first-order valence-electron chi connectivity index (χ1n) is 14.3. The van der Waals surface area contributed by atoms with Crippen molar-refractivity contribution in [2.45, 2.75) is 44.7 Å². The second kappa shape index (κ2) is 16.1.